The van der Waals surface area contributed by atoms with E-state index in [0.29, 0.717) is 0 Å². The molecule has 0 N–H and O–H groups in total. The maximum absolute atomic E-state index is 3.89. The molecule has 0 aromatic carbocycles. The van der Waals surface area contributed by atoms with Crippen molar-refractivity contribution < 1.29 is 0 Å². The molecule has 0 amide bonds. The summed E-state index contributed by atoms with van der Waals surface area (Å²) in [7, 11) is 5.11. The second-order valence-electron chi connectivity index (χ2n) is 0. The normalized spacial score (nSPS) is 2.00. The largest absolute Gasteiger partial charge is 0.0615 e. The molecule has 4 heavy (non-hydrogen) atoms. The molecule has 4 heteroatoms. The third-order valence-corrected chi connectivity index (χ3v) is 0. The highest BCUT2D eigenvalue weighted by atomic mass is 32.4. The van der Waals surface area contributed by atoms with Gasteiger partial charge in [0.25, 0.3) is 0 Å². The highest BCUT2D eigenvalue weighted by Gasteiger charge is 0.657. The summed E-state index contributed by atoms with van der Waals surface area (Å²) in [6.07, 6.45) is 0. The molecule has 0 atom stereocenters. The quantitative estimate of drug-likeness (QED) is 0.449. The molecule has 0 aliphatic carbocycles. The second-order valence-corrected chi connectivity index (χ2v) is 0. The Morgan fingerprint density at radius 1 is 0.750 bits per heavy atom. The minimum atomic E-state index is 2.56. The molecule has 0 spiro atoms. The zero-order chi connectivity index (χ0) is 4.00. The summed E-state index contributed by atoms with van der Waals surface area (Å²) in [5.41, 5.74) is 0. The molecule has 0 fully saturated rings. The van der Waals surface area contributed by atoms with E-state index in [9.17, 15) is 0 Å². The molecule has 0 aromatic rings. The zero-order valence-corrected chi connectivity index (χ0v) is 5.45. The molecule has 0 heterocycles. The number of hydrogen-bond donors (Lipinski definition) is 0. The summed E-state index contributed by atoms with van der Waals surface area (Å²) in [6.45, 7) is 0. The first-order chi connectivity index (χ1) is 2.00. The lowest BCUT2D eigenvalue weighted by molar-refractivity contribution is 6.40. The van der Waals surface area contributed by atoms with Gasteiger partial charge >= 0.3 is 0 Å². The van der Waals surface area contributed by atoms with E-state index in [4.69, 9.17) is 0 Å². The molecule has 0 aromatic heterocycles. The van der Waals surface area contributed by atoms with Gasteiger partial charge in [0, 0.05) is 0 Å². The van der Waals surface area contributed by atoms with Crippen molar-refractivity contribution in [1.29, 1.82) is 0 Å². The van der Waals surface area contributed by atoms with E-state index in [-0.39, 0.29) is 0 Å². The van der Waals surface area contributed by atoms with E-state index in [2.05, 4.69) is 39.6 Å². The van der Waals surface area contributed by atoms with Crippen LogP contribution >= 0.6 is 16.0 Å². The Balaban J connectivity index is 0. The van der Waals surface area contributed by atoms with E-state index in [0.717, 1.165) is 0 Å². The van der Waals surface area contributed by atoms with E-state index >= 15 is 0 Å². The Kier molecular flexibility index (Phi) is 76.8. The summed E-state index contributed by atoms with van der Waals surface area (Å²) in [4.78, 5) is 0. The molecular formula is H2P2S2. The third-order valence-electron chi connectivity index (χ3n) is 0. The van der Waals surface area contributed by atoms with Crippen LogP contribution in [-0.2, 0) is 23.6 Å². The van der Waals surface area contributed by atoms with E-state index < -0.39 is 0 Å². The molecule has 0 radical (unpaired) electrons. The Hall–Kier alpha value is 1.04. The van der Waals surface area contributed by atoms with Gasteiger partial charge in [-0.2, -0.15) is 0 Å². The van der Waals surface area contributed by atoms with Crippen molar-refractivity contribution >= 4 is 39.6 Å². The van der Waals surface area contributed by atoms with Crippen molar-refractivity contribution in [3.05, 3.63) is 0 Å². The van der Waals surface area contributed by atoms with E-state index in [1.165, 1.54) is 0 Å². The Morgan fingerprint density at radius 2 is 0.750 bits per heavy atom. The average Bonchev–Trinajstić information content (AvgIpc) is 1.50. The highest BCUT2D eigenvalue weighted by molar-refractivity contribution is 7.89. The van der Waals surface area contributed by atoms with Crippen molar-refractivity contribution in [1.82, 2.24) is 0 Å². The summed E-state index contributed by atoms with van der Waals surface area (Å²) in [5.74, 6) is 0. The first-order valence-electron chi connectivity index (χ1n) is 0.408. The lowest BCUT2D eigenvalue weighted by atomic mass is 30.6. The van der Waals surface area contributed by atoms with Crippen LogP contribution in [0.1, 0.15) is 0 Å². The highest BCUT2D eigenvalue weighted by Crippen LogP contribution is 1.26. The fraction of sp³-hybridized carbons (Fsp3) is 0. The Labute approximate surface area is 40.1 Å². The van der Waals surface area contributed by atoms with Crippen molar-refractivity contribution in [3.8, 4) is 0 Å². The summed E-state index contributed by atoms with van der Waals surface area (Å²) in [5, 5.41) is 0. The maximum Gasteiger partial charge on any atom is -0.0437 e. The maximum atomic E-state index is 3.89. The summed E-state index contributed by atoms with van der Waals surface area (Å²) >= 11 is 7.78. The van der Waals surface area contributed by atoms with Crippen LogP contribution in [0.4, 0.5) is 0 Å². The minimum Gasteiger partial charge on any atom is -0.0615 e. The average molecular weight is 128 g/mol. The lowest BCUT2D eigenvalue weighted by Crippen LogP contribution is -0.399. The minimum absolute atomic E-state index is 2.56. The SMILES string of the molecule is P=S.P=S. The number of rotatable bonds is 0. The zero-order valence-electron chi connectivity index (χ0n) is 1.82. The van der Waals surface area contributed by atoms with Gasteiger partial charge in [-0.3, -0.25) is 0 Å². The number of hydrogen-bond acceptors (Lipinski definition) is 2. The fourth-order valence-electron chi connectivity index (χ4n) is 0. The lowest BCUT2D eigenvalue weighted by Gasteiger charge is -0.760. The molecule has 0 aliphatic rings. The molecule has 0 nitrogen and oxygen atoms in total. The smallest absolute Gasteiger partial charge is 0.0437 e. The summed E-state index contributed by atoms with van der Waals surface area (Å²) < 4.78 is 0. The monoisotopic (exact) mass is 128 g/mol. The molecule has 0 unspecified atom stereocenters. The molecule has 0 rings (SSSR count). The Morgan fingerprint density at radius 3 is 0.750 bits per heavy atom. The third kappa shape index (κ3) is 11.7. The van der Waals surface area contributed by atoms with Crippen molar-refractivity contribution in [2.45, 2.75) is 0 Å². The van der Waals surface area contributed by atoms with Crippen molar-refractivity contribution in [2.75, 3.05) is 0 Å². The van der Waals surface area contributed by atoms with Gasteiger partial charge in [0.05, 0.1) is 0 Å². The standard InChI is InChI=1S/2HPS/c2*1-2/h2*1H. The van der Waals surface area contributed by atoms with Gasteiger partial charge in [-0.05, 0) is 16.0 Å². The first kappa shape index (κ1) is 8.90. The molecule has 0 saturated carbocycles. The fourth-order valence-corrected chi connectivity index (χ4v) is 0. The van der Waals surface area contributed by atoms with E-state index in [1.807, 2.05) is 0 Å². The van der Waals surface area contributed by atoms with Gasteiger partial charge in [0.1, 0.15) is 0 Å². The molecule has 0 saturated heterocycles. The first-order valence-corrected chi connectivity index (χ1v) is 3.67. The topological polar surface area (TPSA) is 0 Å². The van der Waals surface area contributed by atoms with Crippen LogP contribution in [0, 0.1) is 0 Å². The summed E-state index contributed by atoms with van der Waals surface area (Å²) in [6, 6.07) is 0. The van der Waals surface area contributed by atoms with Crippen LogP contribution in [0.2, 0.25) is 0 Å². The van der Waals surface area contributed by atoms with Gasteiger partial charge in [-0.15, -0.1) is 0 Å². The van der Waals surface area contributed by atoms with Gasteiger partial charge in [-0.25, -0.2) is 0 Å². The van der Waals surface area contributed by atoms with Crippen LogP contribution in [-0.4, -0.2) is 0 Å². The van der Waals surface area contributed by atoms with Crippen molar-refractivity contribution in [3.63, 3.8) is 0 Å². The molecule has 0 bridgehead atoms. The van der Waals surface area contributed by atoms with Crippen LogP contribution in [0.3, 0.4) is 0 Å². The Bertz CT molecular complexity index is 6.00. The van der Waals surface area contributed by atoms with Gasteiger partial charge < -0.3 is 0 Å². The second kappa shape index (κ2) is 34.5. The van der Waals surface area contributed by atoms with Gasteiger partial charge in [0.2, 0.25) is 0 Å². The van der Waals surface area contributed by atoms with Gasteiger partial charge in [-0.1, -0.05) is 23.6 Å². The molecule has 0 aliphatic heterocycles. The van der Waals surface area contributed by atoms with Crippen LogP contribution in [0.25, 0.3) is 0 Å². The molecular weight excluding hydrogens is 126 g/mol. The van der Waals surface area contributed by atoms with E-state index in [1.54, 1.807) is 0 Å². The van der Waals surface area contributed by atoms with Gasteiger partial charge in [0.15, 0.2) is 0 Å². The van der Waals surface area contributed by atoms with Crippen molar-refractivity contribution in [2.24, 2.45) is 0 Å². The predicted octanol–water partition coefficient (Wildman–Crippen LogP) is 1.18. The molecule has 24 valence electrons. The van der Waals surface area contributed by atoms with Crippen LogP contribution in [0.5, 0.6) is 0 Å². The van der Waals surface area contributed by atoms with Crippen LogP contribution in [0.15, 0.2) is 0 Å². The van der Waals surface area contributed by atoms with Crippen LogP contribution < -0.4 is 0 Å². The predicted molar refractivity (Wildman–Crippen MR) is 31.4 cm³/mol.